The van der Waals surface area contributed by atoms with E-state index in [-0.39, 0.29) is 0 Å². The van der Waals surface area contributed by atoms with Crippen LogP contribution in [0, 0.1) is 0 Å². The van der Waals surface area contributed by atoms with E-state index in [1.165, 1.54) is 42.1 Å². The Morgan fingerprint density at radius 1 is 1.25 bits per heavy atom. The second kappa shape index (κ2) is 8.81. The number of ether oxygens (including phenoxy) is 1. The molecule has 112 valence electrons. The maximum atomic E-state index is 5.94. The second-order valence-electron chi connectivity index (χ2n) is 5.68. The standard InChI is InChI=1S/C17H26BrNO/c1-14(16-10-5-6-11-17(16)18)19-12-7-13-20-15-8-3-2-4-9-15/h5-6,10-11,14-15,19H,2-4,7-9,12-13H2,1H3. The minimum Gasteiger partial charge on any atom is -0.378 e. The van der Waals surface area contributed by atoms with Crippen molar-refractivity contribution in [2.75, 3.05) is 13.2 Å². The van der Waals surface area contributed by atoms with E-state index in [9.17, 15) is 0 Å². The highest BCUT2D eigenvalue weighted by Gasteiger charge is 2.13. The van der Waals surface area contributed by atoms with Crippen molar-refractivity contribution in [3.8, 4) is 0 Å². The molecule has 2 nitrogen and oxygen atoms in total. The summed E-state index contributed by atoms with van der Waals surface area (Å²) in [5, 5.41) is 3.57. The van der Waals surface area contributed by atoms with Gasteiger partial charge in [-0.25, -0.2) is 0 Å². The maximum Gasteiger partial charge on any atom is 0.0575 e. The van der Waals surface area contributed by atoms with Gasteiger partial charge in [-0.3, -0.25) is 0 Å². The van der Waals surface area contributed by atoms with E-state index in [1.807, 2.05) is 0 Å². The Morgan fingerprint density at radius 2 is 2.00 bits per heavy atom. The summed E-state index contributed by atoms with van der Waals surface area (Å²) in [5.74, 6) is 0. The molecule has 1 aliphatic carbocycles. The summed E-state index contributed by atoms with van der Waals surface area (Å²) in [6.45, 7) is 4.11. The van der Waals surface area contributed by atoms with Gasteiger partial charge in [-0.05, 0) is 44.4 Å². The van der Waals surface area contributed by atoms with E-state index < -0.39 is 0 Å². The molecule has 3 heteroatoms. The van der Waals surface area contributed by atoms with E-state index in [2.05, 4.69) is 52.4 Å². The van der Waals surface area contributed by atoms with Crippen LogP contribution < -0.4 is 5.32 Å². The smallest absolute Gasteiger partial charge is 0.0575 e. The maximum absolute atomic E-state index is 5.94. The van der Waals surface area contributed by atoms with Crippen molar-refractivity contribution in [1.82, 2.24) is 5.32 Å². The molecule has 1 N–H and O–H groups in total. The molecule has 1 aliphatic rings. The number of nitrogens with one attached hydrogen (secondary N) is 1. The third-order valence-corrected chi connectivity index (χ3v) is 4.77. The van der Waals surface area contributed by atoms with Crippen molar-refractivity contribution in [3.63, 3.8) is 0 Å². The monoisotopic (exact) mass is 339 g/mol. The summed E-state index contributed by atoms with van der Waals surface area (Å²) in [4.78, 5) is 0. The third-order valence-electron chi connectivity index (χ3n) is 4.05. The average molecular weight is 340 g/mol. The normalized spacial score (nSPS) is 18.1. The molecule has 1 saturated carbocycles. The second-order valence-corrected chi connectivity index (χ2v) is 6.54. The van der Waals surface area contributed by atoms with E-state index in [1.54, 1.807) is 0 Å². The topological polar surface area (TPSA) is 21.3 Å². The first-order chi connectivity index (χ1) is 9.77. The third kappa shape index (κ3) is 5.19. The van der Waals surface area contributed by atoms with Crippen LogP contribution in [0.2, 0.25) is 0 Å². The van der Waals surface area contributed by atoms with Gasteiger partial charge in [0, 0.05) is 17.1 Å². The Hall–Kier alpha value is -0.380. The highest BCUT2D eigenvalue weighted by Crippen LogP contribution is 2.23. The molecule has 0 heterocycles. The summed E-state index contributed by atoms with van der Waals surface area (Å²) < 4.78 is 7.12. The molecule has 0 bridgehead atoms. The van der Waals surface area contributed by atoms with Crippen LogP contribution in [-0.2, 0) is 4.74 Å². The molecule has 1 fully saturated rings. The number of rotatable bonds is 7. The molecule has 2 rings (SSSR count). The molecule has 0 aromatic heterocycles. The van der Waals surface area contributed by atoms with Crippen LogP contribution in [0.5, 0.6) is 0 Å². The molecule has 0 saturated heterocycles. The zero-order chi connectivity index (χ0) is 14.2. The fourth-order valence-electron chi connectivity index (χ4n) is 2.81. The molecule has 0 radical (unpaired) electrons. The lowest BCUT2D eigenvalue weighted by atomic mass is 9.98. The Labute approximate surface area is 131 Å². The lowest BCUT2D eigenvalue weighted by Gasteiger charge is -2.22. The molecule has 1 atom stereocenters. The highest BCUT2D eigenvalue weighted by atomic mass is 79.9. The lowest BCUT2D eigenvalue weighted by Crippen LogP contribution is -2.23. The van der Waals surface area contributed by atoms with Crippen molar-refractivity contribution in [2.24, 2.45) is 0 Å². The molecule has 1 aromatic carbocycles. The van der Waals surface area contributed by atoms with Crippen LogP contribution in [-0.4, -0.2) is 19.3 Å². The van der Waals surface area contributed by atoms with Crippen molar-refractivity contribution >= 4 is 15.9 Å². The Bertz CT molecular complexity index is 390. The fourth-order valence-corrected chi connectivity index (χ4v) is 3.44. The quantitative estimate of drug-likeness (QED) is 0.717. The highest BCUT2D eigenvalue weighted by molar-refractivity contribution is 9.10. The average Bonchev–Trinajstić information content (AvgIpc) is 2.48. The minimum absolute atomic E-state index is 0.375. The Balaban J connectivity index is 1.60. The minimum atomic E-state index is 0.375. The van der Waals surface area contributed by atoms with E-state index in [0.717, 1.165) is 19.6 Å². The van der Waals surface area contributed by atoms with Gasteiger partial charge in [0.25, 0.3) is 0 Å². The summed E-state index contributed by atoms with van der Waals surface area (Å²) in [6.07, 6.45) is 8.24. The SMILES string of the molecule is CC(NCCCOC1CCCCC1)c1ccccc1Br. The molecule has 1 aromatic rings. The van der Waals surface area contributed by atoms with Gasteiger partial charge in [-0.2, -0.15) is 0 Å². The van der Waals surface area contributed by atoms with Crippen molar-refractivity contribution < 1.29 is 4.74 Å². The van der Waals surface area contributed by atoms with Gasteiger partial charge < -0.3 is 10.1 Å². The van der Waals surface area contributed by atoms with Crippen LogP contribution in [0.3, 0.4) is 0 Å². The van der Waals surface area contributed by atoms with Crippen LogP contribution in [0.15, 0.2) is 28.7 Å². The number of hydrogen-bond donors (Lipinski definition) is 1. The molecule has 0 spiro atoms. The van der Waals surface area contributed by atoms with Gasteiger partial charge in [-0.15, -0.1) is 0 Å². The number of halogens is 1. The van der Waals surface area contributed by atoms with Crippen molar-refractivity contribution in [1.29, 1.82) is 0 Å². The summed E-state index contributed by atoms with van der Waals surface area (Å²) >= 11 is 3.61. The largest absolute Gasteiger partial charge is 0.378 e. The summed E-state index contributed by atoms with van der Waals surface area (Å²) in [6, 6.07) is 8.78. The summed E-state index contributed by atoms with van der Waals surface area (Å²) in [7, 11) is 0. The van der Waals surface area contributed by atoms with Gasteiger partial charge in [0.1, 0.15) is 0 Å². The van der Waals surface area contributed by atoms with Gasteiger partial charge in [0.05, 0.1) is 6.10 Å². The molecule has 1 unspecified atom stereocenters. The molecule has 20 heavy (non-hydrogen) atoms. The number of benzene rings is 1. The Morgan fingerprint density at radius 3 is 2.75 bits per heavy atom. The first-order valence-electron chi connectivity index (χ1n) is 7.87. The molecule has 0 aliphatic heterocycles. The summed E-state index contributed by atoms with van der Waals surface area (Å²) in [5.41, 5.74) is 1.32. The number of hydrogen-bond acceptors (Lipinski definition) is 2. The lowest BCUT2D eigenvalue weighted by molar-refractivity contribution is 0.0271. The van der Waals surface area contributed by atoms with Crippen LogP contribution >= 0.6 is 15.9 Å². The van der Waals surface area contributed by atoms with Crippen molar-refractivity contribution in [2.45, 2.75) is 57.6 Å². The van der Waals surface area contributed by atoms with Crippen LogP contribution in [0.1, 0.15) is 57.1 Å². The van der Waals surface area contributed by atoms with Crippen LogP contribution in [0.25, 0.3) is 0 Å². The zero-order valence-corrected chi connectivity index (χ0v) is 14.0. The molecule has 0 amide bonds. The van der Waals surface area contributed by atoms with Gasteiger partial charge in [0.2, 0.25) is 0 Å². The first kappa shape index (κ1) is 16.0. The van der Waals surface area contributed by atoms with Gasteiger partial charge in [-0.1, -0.05) is 53.4 Å². The van der Waals surface area contributed by atoms with Crippen molar-refractivity contribution in [3.05, 3.63) is 34.3 Å². The van der Waals surface area contributed by atoms with E-state index >= 15 is 0 Å². The van der Waals surface area contributed by atoms with Gasteiger partial charge in [0.15, 0.2) is 0 Å². The predicted octanol–water partition coefficient (Wildman–Crippen LogP) is 4.84. The Kier molecular flexibility index (Phi) is 7.05. The first-order valence-corrected chi connectivity index (χ1v) is 8.66. The molecular weight excluding hydrogens is 314 g/mol. The zero-order valence-electron chi connectivity index (χ0n) is 12.4. The predicted molar refractivity (Wildman–Crippen MR) is 88.0 cm³/mol. The fraction of sp³-hybridized carbons (Fsp3) is 0.647. The van der Waals surface area contributed by atoms with E-state index in [0.29, 0.717) is 12.1 Å². The van der Waals surface area contributed by atoms with E-state index in [4.69, 9.17) is 4.74 Å². The molecular formula is C17H26BrNO. The van der Waals surface area contributed by atoms with Gasteiger partial charge >= 0.3 is 0 Å². The van der Waals surface area contributed by atoms with Crippen LogP contribution in [0.4, 0.5) is 0 Å².